The molecule has 3 N–H and O–H groups in total. The first kappa shape index (κ1) is 20.9. The first-order chi connectivity index (χ1) is 14.8. The van der Waals surface area contributed by atoms with Crippen molar-refractivity contribution in [3.8, 4) is 11.3 Å². The monoisotopic (exact) mass is 423 g/mol. The fraction of sp³-hybridized carbons (Fsp3) is 0.250. The van der Waals surface area contributed by atoms with E-state index in [9.17, 15) is 18.7 Å². The van der Waals surface area contributed by atoms with Crippen molar-refractivity contribution in [2.75, 3.05) is 5.32 Å². The zero-order chi connectivity index (χ0) is 22.2. The molecule has 0 saturated heterocycles. The lowest BCUT2D eigenvalue weighted by atomic mass is 9.69. The number of hydrogen-bond donors (Lipinski definition) is 3. The van der Waals surface area contributed by atoms with Crippen LogP contribution >= 0.6 is 0 Å². The Morgan fingerprint density at radius 3 is 2.55 bits per heavy atom. The lowest BCUT2D eigenvalue weighted by Gasteiger charge is -2.40. The van der Waals surface area contributed by atoms with Gasteiger partial charge in [-0.15, -0.1) is 0 Å². The molecule has 1 unspecified atom stereocenters. The van der Waals surface area contributed by atoms with E-state index in [4.69, 9.17) is 0 Å². The van der Waals surface area contributed by atoms with Crippen LogP contribution in [0.4, 0.5) is 19.3 Å². The van der Waals surface area contributed by atoms with Crippen LogP contribution in [0.5, 0.6) is 0 Å². The topological polar surface area (TPSA) is 74.2 Å². The third-order valence-electron chi connectivity index (χ3n) is 5.65. The van der Waals surface area contributed by atoms with Gasteiger partial charge in [0.05, 0.1) is 23.5 Å². The summed E-state index contributed by atoms with van der Waals surface area (Å²) in [6.45, 7) is 3.70. The van der Waals surface area contributed by atoms with Crippen molar-refractivity contribution in [2.45, 2.75) is 37.8 Å². The second-order valence-electron chi connectivity index (χ2n) is 8.35. The van der Waals surface area contributed by atoms with Crippen LogP contribution in [-0.4, -0.2) is 22.2 Å². The number of nitrogens with zero attached hydrogens (tertiary/aromatic N) is 1. The molecule has 3 aromatic rings. The second-order valence-corrected chi connectivity index (χ2v) is 8.35. The number of aliphatic hydroxyl groups excluding tert-OH is 1. The molecule has 1 aromatic heterocycles. The first-order valence-electron chi connectivity index (χ1n) is 10.0. The number of nitrogens with one attached hydrogen (secondary N) is 2. The highest BCUT2D eigenvalue weighted by Crippen LogP contribution is 2.42. The Hall–Kier alpha value is -3.32. The van der Waals surface area contributed by atoms with Crippen molar-refractivity contribution < 1.29 is 18.7 Å². The van der Waals surface area contributed by atoms with E-state index in [0.29, 0.717) is 22.5 Å². The van der Waals surface area contributed by atoms with Crippen LogP contribution in [0.2, 0.25) is 0 Å². The number of carbonyl (C=O) groups excluding carboxylic acids is 1. The Kier molecular flexibility index (Phi) is 5.45. The number of aliphatic hydroxyl groups is 1. The number of hydrogen-bond acceptors (Lipinski definition) is 3. The molecular formula is C24H23F2N3O2. The Morgan fingerprint density at radius 1 is 1.10 bits per heavy atom. The van der Waals surface area contributed by atoms with Gasteiger partial charge in [-0.3, -0.25) is 4.98 Å². The van der Waals surface area contributed by atoms with Crippen molar-refractivity contribution in [2.24, 2.45) is 0 Å². The Labute approximate surface area is 179 Å². The fourth-order valence-corrected chi connectivity index (χ4v) is 4.17. The van der Waals surface area contributed by atoms with E-state index >= 15 is 0 Å². The third kappa shape index (κ3) is 4.14. The molecule has 2 aromatic carbocycles. The maximum atomic E-state index is 14.0. The van der Waals surface area contributed by atoms with Gasteiger partial charge in [0.2, 0.25) is 0 Å². The van der Waals surface area contributed by atoms with Gasteiger partial charge >= 0.3 is 6.03 Å². The summed E-state index contributed by atoms with van der Waals surface area (Å²) in [5.74, 6) is -1.97. The highest BCUT2D eigenvalue weighted by molar-refractivity contribution is 5.93. The standard InChI is InChI=1S/C24H23F2N3O2/c1-24(2)13-20(30)22(15-11-17(25)18(26)12-16(15)24)29-23(31)28-19-9-6-10-27-21(19)14-7-4-3-5-8-14/h3-12,20,22,30H,13H2,1-2H3,(H2,28,29,31)/t20-,22?/m1/s1. The number of anilines is 1. The Balaban J connectivity index is 1.61. The molecule has 4 rings (SSSR count). The molecule has 0 bridgehead atoms. The number of rotatable bonds is 3. The largest absolute Gasteiger partial charge is 0.391 e. The van der Waals surface area contributed by atoms with Crippen LogP contribution in [0.15, 0.2) is 60.8 Å². The number of pyridine rings is 1. The summed E-state index contributed by atoms with van der Waals surface area (Å²) in [7, 11) is 0. The van der Waals surface area contributed by atoms with Crippen LogP contribution in [0, 0.1) is 11.6 Å². The van der Waals surface area contributed by atoms with Crippen LogP contribution in [-0.2, 0) is 5.41 Å². The predicted molar refractivity (Wildman–Crippen MR) is 115 cm³/mol. The number of halogens is 2. The summed E-state index contributed by atoms with van der Waals surface area (Å²) in [5.41, 5.74) is 2.28. The van der Waals surface area contributed by atoms with Crippen LogP contribution in [0.3, 0.4) is 0 Å². The maximum absolute atomic E-state index is 14.0. The zero-order valence-electron chi connectivity index (χ0n) is 17.2. The Morgan fingerprint density at radius 2 is 1.81 bits per heavy atom. The molecule has 2 atom stereocenters. The summed E-state index contributed by atoms with van der Waals surface area (Å²) >= 11 is 0. The molecule has 1 aliphatic rings. The lowest BCUT2D eigenvalue weighted by molar-refractivity contribution is 0.0878. The highest BCUT2D eigenvalue weighted by Gasteiger charge is 2.40. The molecular weight excluding hydrogens is 400 g/mol. The van der Waals surface area contributed by atoms with Crippen LogP contribution in [0.1, 0.15) is 37.4 Å². The van der Waals surface area contributed by atoms with E-state index in [1.807, 2.05) is 44.2 Å². The number of urea groups is 1. The van der Waals surface area contributed by atoms with Crippen LogP contribution in [0.25, 0.3) is 11.3 Å². The van der Waals surface area contributed by atoms with E-state index < -0.39 is 35.2 Å². The minimum atomic E-state index is -1.02. The van der Waals surface area contributed by atoms with Crippen molar-refractivity contribution >= 4 is 11.7 Å². The number of carbonyl (C=O) groups is 1. The quantitative estimate of drug-likeness (QED) is 0.559. The zero-order valence-corrected chi connectivity index (χ0v) is 17.2. The average molecular weight is 423 g/mol. The summed E-state index contributed by atoms with van der Waals surface area (Å²) in [6.07, 6.45) is 0.963. The molecule has 7 heteroatoms. The smallest absolute Gasteiger partial charge is 0.319 e. The van der Waals surface area contributed by atoms with Gasteiger partial charge in [-0.25, -0.2) is 13.6 Å². The molecule has 2 amide bonds. The van der Waals surface area contributed by atoms with Crippen molar-refractivity contribution in [3.63, 3.8) is 0 Å². The minimum absolute atomic E-state index is 0.290. The summed E-state index contributed by atoms with van der Waals surface area (Å²) in [4.78, 5) is 17.2. The first-order valence-corrected chi connectivity index (χ1v) is 10.0. The second kappa shape index (κ2) is 8.07. The lowest BCUT2D eigenvalue weighted by Crippen LogP contribution is -2.45. The van der Waals surface area contributed by atoms with E-state index in [1.165, 1.54) is 0 Å². The highest BCUT2D eigenvalue weighted by atomic mass is 19.2. The molecule has 1 aliphatic carbocycles. The molecule has 5 nitrogen and oxygen atoms in total. The molecule has 0 saturated carbocycles. The maximum Gasteiger partial charge on any atom is 0.319 e. The van der Waals surface area contributed by atoms with Gasteiger partial charge in [0.25, 0.3) is 0 Å². The summed E-state index contributed by atoms with van der Waals surface area (Å²) in [5, 5.41) is 16.2. The van der Waals surface area contributed by atoms with Crippen molar-refractivity contribution in [1.82, 2.24) is 10.3 Å². The Bertz CT molecular complexity index is 1120. The molecule has 0 aliphatic heterocycles. The van der Waals surface area contributed by atoms with Gasteiger partial charge in [-0.2, -0.15) is 0 Å². The van der Waals surface area contributed by atoms with Gasteiger partial charge in [0.15, 0.2) is 11.6 Å². The number of benzene rings is 2. The number of amides is 2. The van der Waals surface area contributed by atoms with E-state index in [-0.39, 0.29) is 6.42 Å². The third-order valence-corrected chi connectivity index (χ3v) is 5.65. The normalized spacial score (nSPS) is 19.4. The summed E-state index contributed by atoms with van der Waals surface area (Å²) < 4.78 is 27.9. The van der Waals surface area contributed by atoms with Crippen molar-refractivity contribution in [3.05, 3.63) is 83.6 Å². The predicted octanol–water partition coefficient (Wildman–Crippen LogP) is 4.93. The van der Waals surface area contributed by atoms with Gasteiger partial charge in [-0.05, 0) is 47.2 Å². The van der Waals surface area contributed by atoms with Gasteiger partial charge < -0.3 is 15.7 Å². The fourth-order valence-electron chi connectivity index (χ4n) is 4.17. The average Bonchev–Trinajstić information content (AvgIpc) is 2.73. The minimum Gasteiger partial charge on any atom is -0.391 e. The van der Waals surface area contributed by atoms with Gasteiger partial charge in [-0.1, -0.05) is 44.2 Å². The van der Waals surface area contributed by atoms with Gasteiger partial charge in [0, 0.05) is 11.8 Å². The van der Waals surface area contributed by atoms with E-state index in [0.717, 1.165) is 17.7 Å². The molecule has 1 heterocycles. The number of fused-ring (bicyclic) bond motifs is 1. The SMILES string of the molecule is CC1(C)C[C@@H](O)C(NC(=O)Nc2cccnc2-c2ccccc2)c2cc(F)c(F)cc21. The molecule has 0 radical (unpaired) electrons. The van der Waals surface area contributed by atoms with E-state index in [2.05, 4.69) is 15.6 Å². The van der Waals surface area contributed by atoms with Crippen LogP contribution < -0.4 is 10.6 Å². The molecule has 0 fully saturated rings. The number of aromatic nitrogens is 1. The molecule has 160 valence electrons. The van der Waals surface area contributed by atoms with Gasteiger partial charge in [0.1, 0.15) is 0 Å². The van der Waals surface area contributed by atoms with Crippen molar-refractivity contribution in [1.29, 1.82) is 0 Å². The summed E-state index contributed by atoms with van der Waals surface area (Å²) in [6, 6.07) is 13.6. The molecule has 0 spiro atoms. The molecule has 31 heavy (non-hydrogen) atoms. The van der Waals surface area contributed by atoms with E-state index in [1.54, 1.807) is 18.3 Å².